The fraction of sp³-hybridized carbons (Fsp3) is 0.320. The molecule has 4 rings (SSSR count). The van der Waals surface area contributed by atoms with Gasteiger partial charge in [0.05, 0.1) is 34.3 Å². The third-order valence-corrected chi connectivity index (χ3v) is 7.36. The van der Waals surface area contributed by atoms with Crippen LogP contribution in [-0.2, 0) is 7.05 Å². The van der Waals surface area contributed by atoms with Gasteiger partial charge in [-0.15, -0.1) is 0 Å². The molecule has 1 aliphatic rings. The number of aliphatic hydroxyl groups is 2. The minimum atomic E-state index is -0.528. The number of hydrogen-bond acceptors (Lipinski definition) is 6. The fourth-order valence-electron chi connectivity index (χ4n) is 4.58. The van der Waals surface area contributed by atoms with Crippen molar-refractivity contribution in [3.63, 3.8) is 0 Å². The van der Waals surface area contributed by atoms with Crippen molar-refractivity contribution < 1.29 is 24.6 Å². The second kappa shape index (κ2) is 11.1. The van der Waals surface area contributed by atoms with Gasteiger partial charge in [-0.25, -0.2) is 0 Å². The standard InChI is InChI=1S/C25H26BrClN4O5/c1-30-17-13-15(14-5-2-3-6-16(14)27)18-20(24(35)29-23(18)34)19(17)21(26)22(30)25(36)28-7-4-8-31(9-11-32)10-12-33/h2-3,5-6,13,32-33H,4,7-12H2,1H3,(H,28,36)(H,29,34,35). The molecule has 2 aromatic carbocycles. The number of nitrogens with zero attached hydrogens (tertiary/aromatic N) is 2. The summed E-state index contributed by atoms with van der Waals surface area (Å²) in [4.78, 5) is 40.7. The number of imide groups is 1. The number of benzene rings is 2. The lowest BCUT2D eigenvalue weighted by molar-refractivity contribution is 0.0878. The molecule has 0 bridgehead atoms. The summed E-state index contributed by atoms with van der Waals surface area (Å²) < 4.78 is 2.11. The van der Waals surface area contributed by atoms with Crippen LogP contribution in [0.4, 0.5) is 0 Å². The average molecular weight is 578 g/mol. The number of halogens is 2. The first-order chi connectivity index (χ1) is 17.3. The lowest BCUT2D eigenvalue weighted by Crippen LogP contribution is -2.34. The molecule has 0 radical (unpaired) electrons. The van der Waals surface area contributed by atoms with Gasteiger partial charge in [-0.1, -0.05) is 29.8 Å². The molecule has 0 unspecified atom stereocenters. The lowest BCUT2D eigenvalue weighted by atomic mass is 9.94. The molecule has 11 heteroatoms. The Balaban J connectivity index is 1.70. The smallest absolute Gasteiger partial charge is 0.269 e. The summed E-state index contributed by atoms with van der Waals surface area (Å²) in [5, 5.41) is 24.5. The maximum Gasteiger partial charge on any atom is 0.269 e. The second-order valence-electron chi connectivity index (χ2n) is 8.45. The number of amides is 3. The van der Waals surface area contributed by atoms with Crippen molar-refractivity contribution in [1.82, 2.24) is 20.1 Å². The molecule has 1 aromatic heterocycles. The van der Waals surface area contributed by atoms with Crippen molar-refractivity contribution in [1.29, 1.82) is 0 Å². The average Bonchev–Trinajstić information content (AvgIpc) is 3.28. The maximum absolute atomic E-state index is 13.2. The fourth-order valence-corrected chi connectivity index (χ4v) is 5.67. The molecular formula is C25H26BrClN4O5. The highest BCUT2D eigenvalue weighted by Crippen LogP contribution is 2.42. The van der Waals surface area contributed by atoms with Crippen LogP contribution in [0.3, 0.4) is 0 Å². The summed E-state index contributed by atoms with van der Waals surface area (Å²) >= 11 is 9.94. The van der Waals surface area contributed by atoms with Crippen molar-refractivity contribution >= 4 is 56.2 Å². The number of aryl methyl sites for hydroxylation is 1. The Bertz CT molecular complexity index is 1350. The number of rotatable bonds is 10. The number of fused-ring (bicyclic) bond motifs is 3. The Morgan fingerprint density at radius 1 is 1.08 bits per heavy atom. The highest BCUT2D eigenvalue weighted by molar-refractivity contribution is 9.10. The van der Waals surface area contributed by atoms with E-state index in [2.05, 4.69) is 26.6 Å². The number of nitrogens with one attached hydrogen (secondary N) is 2. The van der Waals surface area contributed by atoms with Gasteiger partial charge in [-0.3, -0.25) is 24.6 Å². The first-order valence-electron chi connectivity index (χ1n) is 11.5. The summed E-state index contributed by atoms with van der Waals surface area (Å²) in [6, 6.07) is 8.85. The van der Waals surface area contributed by atoms with E-state index in [-0.39, 0.29) is 30.2 Å². The molecule has 0 saturated carbocycles. The van der Waals surface area contributed by atoms with Gasteiger partial charge in [-0.2, -0.15) is 0 Å². The minimum absolute atomic E-state index is 0.00811. The summed E-state index contributed by atoms with van der Waals surface area (Å²) in [5.74, 6) is -1.38. The minimum Gasteiger partial charge on any atom is -0.395 e. The van der Waals surface area contributed by atoms with E-state index in [1.54, 1.807) is 41.9 Å². The predicted molar refractivity (Wildman–Crippen MR) is 140 cm³/mol. The number of aromatic nitrogens is 1. The van der Waals surface area contributed by atoms with Gasteiger partial charge in [0.25, 0.3) is 17.7 Å². The zero-order valence-electron chi connectivity index (χ0n) is 19.6. The molecule has 36 heavy (non-hydrogen) atoms. The predicted octanol–water partition coefficient (Wildman–Crippen LogP) is 2.55. The Hall–Kier alpha value is -2.76. The largest absolute Gasteiger partial charge is 0.395 e. The highest BCUT2D eigenvalue weighted by atomic mass is 79.9. The summed E-state index contributed by atoms with van der Waals surface area (Å²) in [7, 11) is 1.73. The molecule has 4 N–H and O–H groups in total. The molecule has 0 aliphatic carbocycles. The molecule has 0 spiro atoms. The van der Waals surface area contributed by atoms with Gasteiger partial charge in [-0.05, 0) is 46.6 Å². The SMILES string of the molecule is Cn1c(C(=O)NCCCN(CCO)CCO)c(Br)c2c3c(c(-c4ccccc4Cl)cc21)C(=O)NC3=O. The quantitative estimate of drug-likeness (QED) is 0.217. The number of aliphatic hydroxyl groups excluding tert-OH is 2. The monoisotopic (exact) mass is 576 g/mol. The second-order valence-corrected chi connectivity index (χ2v) is 9.65. The molecular weight excluding hydrogens is 552 g/mol. The maximum atomic E-state index is 13.2. The summed E-state index contributed by atoms with van der Waals surface area (Å²) in [6.07, 6.45) is 0.621. The van der Waals surface area contributed by atoms with Crippen LogP contribution in [-0.4, -0.2) is 76.8 Å². The van der Waals surface area contributed by atoms with Crippen LogP contribution in [0.25, 0.3) is 22.0 Å². The van der Waals surface area contributed by atoms with Crippen LogP contribution in [0.5, 0.6) is 0 Å². The number of carbonyl (C=O) groups is 3. The molecule has 3 amide bonds. The number of hydrogen-bond donors (Lipinski definition) is 4. The summed E-state index contributed by atoms with van der Waals surface area (Å²) in [5.41, 5.74) is 2.48. The van der Waals surface area contributed by atoms with E-state index < -0.39 is 11.8 Å². The van der Waals surface area contributed by atoms with Gasteiger partial charge in [0, 0.05) is 42.7 Å². The van der Waals surface area contributed by atoms with E-state index in [9.17, 15) is 14.4 Å². The molecule has 9 nitrogen and oxygen atoms in total. The van der Waals surface area contributed by atoms with Gasteiger partial charge < -0.3 is 20.1 Å². The van der Waals surface area contributed by atoms with Crippen molar-refractivity contribution in [3.05, 3.63) is 56.6 Å². The normalized spacial score (nSPS) is 12.9. The van der Waals surface area contributed by atoms with Crippen molar-refractivity contribution in [2.45, 2.75) is 6.42 Å². The Labute approximate surface area is 221 Å². The molecule has 3 aromatic rings. The van der Waals surface area contributed by atoms with Crippen LogP contribution in [0.1, 0.15) is 37.6 Å². The van der Waals surface area contributed by atoms with Crippen molar-refractivity contribution in [2.75, 3.05) is 39.4 Å². The number of carbonyl (C=O) groups excluding carboxylic acids is 3. The molecule has 0 fully saturated rings. The molecule has 2 heterocycles. The Kier molecular flexibility index (Phi) is 8.11. The van der Waals surface area contributed by atoms with Crippen molar-refractivity contribution in [2.24, 2.45) is 7.05 Å². The zero-order valence-corrected chi connectivity index (χ0v) is 21.9. The topological polar surface area (TPSA) is 124 Å². The van der Waals surface area contributed by atoms with Gasteiger partial charge in [0.2, 0.25) is 0 Å². The summed E-state index contributed by atoms with van der Waals surface area (Å²) in [6.45, 7) is 1.86. The van der Waals surface area contributed by atoms with E-state index in [0.29, 0.717) is 69.8 Å². The van der Waals surface area contributed by atoms with E-state index in [1.165, 1.54) is 0 Å². The highest BCUT2D eigenvalue weighted by Gasteiger charge is 2.36. The molecule has 0 saturated heterocycles. The van der Waals surface area contributed by atoms with E-state index >= 15 is 0 Å². The van der Waals surface area contributed by atoms with Crippen LogP contribution in [0.2, 0.25) is 5.02 Å². The van der Waals surface area contributed by atoms with Gasteiger partial charge in [0.15, 0.2) is 0 Å². The van der Waals surface area contributed by atoms with Crippen LogP contribution >= 0.6 is 27.5 Å². The molecule has 0 atom stereocenters. The van der Waals surface area contributed by atoms with Gasteiger partial charge in [0.1, 0.15) is 5.69 Å². The molecule has 1 aliphatic heterocycles. The third kappa shape index (κ3) is 4.79. The van der Waals surface area contributed by atoms with Crippen LogP contribution in [0, 0.1) is 0 Å². The zero-order chi connectivity index (χ0) is 26.0. The first-order valence-corrected chi connectivity index (χ1v) is 12.6. The Morgan fingerprint density at radius 3 is 2.42 bits per heavy atom. The van der Waals surface area contributed by atoms with Crippen LogP contribution < -0.4 is 10.6 Å². The lowest BCUT2D eigenvalue weighted by Gasteiger charge is -2.19. The molecule has 190 valence electrons. The Morgan fingerprint density at radius 2 is 1.75 bits per heavy atom. The van der Waals surface area contributed by atoms with Gasteiger partial charge >= 0.3 is 0 Å². The van der Waals surface area contributed by atoms with E-state index in [4.69, 9.17) is 21.8 Å². The third-order valence-electron chi connectivity index (χ3n) is 6.26. The first kappa shape index (κ1) is 26.3. The van der Waals surface area contributed by atoms with E-state index in [0.717, 1.165) is 0 Å². The van der Waals surface area contributed by atoms with E-state index in [1.807, 2.05) is 4.90 Å². The van der Waals surface area contributed by atoms with Crippen LogP contribution in [0.15, 0.2) is 34.8 Å². The van der Waals surface area contributed by atoms with Crippen molar-refractivity contribution in [3.8, 4) is 11.1 Å².